The van der Waals surface area contributed by atoms with E-state index in [4.69, 9.17) is 0 Å². The molecular weight excluding hydrogens is 230 g/mol. The molecule has 0 spiro atoms. The number of aromatic amines is 1. The minimum absolute atomic E-state index is 0.694. The summed E-state index contributed by atoms with van der Waals surface area (Å²) in [6.07, 6.45) is 1.94. The van der Waals surface area contributed by atoms with Crippen molar-refractivity contribution in [1.82, 2.24) is 15.3 Å². The third-order valence-corrected chi connectivity index (χ3v) is 3.62. The molecule has 3 nitrogen and oxygen atoms in total. The first-order chi connectivity index (χ1) is 8.08. The van der Waals surface area contributed by atoms with Crippen molar-refractivity contribution in [3.05, 3.63) is 17.7 Å². The van der Waals surface area contributed by atoms with Crippen LogP contribution in [0, 0.1) is 11.8 Å². The van der Waals surface area contributed by atoms with Crippen LogP contribution >= 0.6 is 11.8 Å². The smallest absolute Gasteiger partial charge is 0.116 e. The molecule has 0 aliphatic carbocycles. The molecule has 0 radical (unpaired) electrons. The van der Waals surface area contributed by atoms with Gasteiger partial charge in [0.25, 0.3) is 0 Å². The van der Waals surface area contributed by atoms with Crippen molar-refractivity contribution < 1.29 is 0 Å². The van der Waals surface area contributed by atoms with E-state index in [1.54, 1.807) is 0 Å². The van der Waals surface area contributed by atoms with Crippen LogP contribution in [0.25, 0.3) is 0 Å². The number of hydrogen-bond acceptors (Lipinski definition) is 3. The minimum atomic E-state index is 0.694. The fourth-order valence-electron chi connectivity index (χ4n) is 1.46. The van der Waals surface area contributed by atoms with Crippen LogP contribution in [0.2, 0.25) is 0 Å². The largest absolute Gasteiger partial charge is 0.344 e. The fourth-order valence-corrected chi connectivity index (χ4v) is 2.39. The van der Waals surface area contributed by atoms with Gasteiger partial charge in [0.05, 0.1) is 5.75 Å². The molecule has 98 valence electrons. The van der Waals surface area contributed by atoms with Crippen LogP contribution < -0.4 is 5.32 Å². The summed E-state index contributed by atoms with van der Waals surface area (Å²) in [6, 6.07) is 0. The average Bonchev–Trinajstić information content (AvgIpc) is 2.65. The molecule has 17 heavy (non-hydrogen) atoms. The van der Waals surface area contributed by atoms with Crippen LogP contribution in [0.15, 0.2) is 6.20 Å². The summed E-state index contributed by atoms with van der Waals surface area (Å²) in [5.41, 5.74) is 1.19. The van der Waals surface area contributed by atoms with Crippen LogP contribution in [0.1, 0.15) is 39.2 Å². The molecule has 1 aromatic heterocycles. The Bertz CT molecular complexity index is 279. The topological polar surface area (TPSA) is 40.7 Å². The summed E-state index contributed by atoms with van der Waals surface area (Å²) in [6.45, 7) is 10.9. The Labute approximate surface area is 109 Å². The minimum Gasteiger partial charge on any atom is -0.344 e. The lowest BCUT2D eigenvalue weighted by Crippen LogP contribution is -2.19. The van der Waals surface area contributed by atoms with Gasteiger partial charge in [-0.1, -0.05) is 27.7 Å². The Morgan fingerprint density at radius 3 is 2.71 bits per heavy atom. The van der Waals surface area contributed by atoms with Crippen LogP contribution in [0.5, 0.6) is 0 Å². The van der Waals surface area contributed by atoms with Crippen LogP contribution in [0.3, 0.4) is 0 Å². The van der Waals surface area contributed by atoms with Gasteiger partial charge in [0.15, 0.2) is 0 Å². The molecule has 0 fully saturated rings. The molecule has 2 N–H and O–H groups in total. The number of H-pyrrole nitrogens is 1. The highest BCUT2D eigenvalue weighted by atomic mass is 32.2. The predicted molar refractivity (Wildman–Crippen MR) is 76.1 cm³/mol. The zero-order valence-electron chi connectivity index (χ0n) is 11.4. The van der Waals surface area contributed by atoms with Crippen molar-refractivity contribution in [2.75, 3.05) is 12.3 Å². The molecule has 0 unspecified atom stereocenters. The normalized spacial score (nSPS) is 11.6. The van der Waals surface area contributed by atoms with E-state index in [2.05, 4.69) is 43.0 Å². The van der Waals surface area contributed by atoms with Crippen molar-refractivity contribution >= 4 is 11.8 Å². The van der Waals surface area contributed by atoms with Gasteiger partial charge in [-0.3, -0.25) is 0 Å². The van der Waals surface area contributed by atoms with E-state index in [1.807, 2.05) is 18.0 Å². The molecule has 1 heterocycles. The van der Waals surface area contributed by atoms with Gasteiger partial charge in [0.2, 0.25) is 0 Å². The Kier molecular flexibility index (Phi) is 6.66. The average molecular weight is 255 g/mol. The van der Waals surface area contributed by atoms with E-state index in [1.165, 1.54) is 11.4 Å². The third kappa shape index (κ3) is 6.74. The second kappa shape index (κ2) is 7.77. The molecule has 0 bridgehead atoms. The molecule has 0 atom stereocenters. The second-order valence-corrected chi connectivity index (χ2v) is 6.32. The van der Waals surface area contributed by atoms with Crippen molar-refractivity contribution in [3.63, 3.8) is 0 Å². The van der Waals surface area contributed by atoms with E-state index in [-0.39, 0.29) is 0 Å². The van der Waals surface area contributed by atoms with Gasteiger partial charge >= 0.3 is 0 Å². The number of rotatable bonds is 8. The zero-order chi connectivity index (χ0) is 12.7. The molecule has 1 rings (SSSR count). The summed E-state index contributed by atoms with van der Waals surface area (Å²) >= 11 is 1.94. The number of nitrogens with one attached hydrogen (secondary N) is 2. The Hall–Kier alpha value is -0.480. The summed E-state index contributed by atoms with van der Waals surface area (Å²) in [4.78, 5) is 7.76. The predicted octanol–water partition coefficient (Wildman–Crippen LogP) is 3.04. The SMILES string of the molecule is CC(C)CNCc1cnc(CSCC(C)C)[nH]1. The van der Waals surface area contributed by atoms with Gasteiger partial charge in [-0.15, -0.1) is 0 Å². The van der Waals surface area contributed by atoms with Gasteiger partial charge in [0.1, 0.15) is 5.82 Å². The zero-order valence-corrected chi connectivity index (χ0v) is 12.2. The summed E-state index contributed by atoms with van der Waals surface area (Å²) in [5.74, 6) is 4.72. The summed E-state index contributed by atoms with van der Waals surface area (Å²) < 4.78 is 0. The lowest BCUT2D eigenvalue weighted by molar-refractivity contribution is 0.549. The first-order valence-electron chi connectivity index (χ1n) is 6.39. The maximum atomic E-state index is 4.39. The molecule has 0 saturated heterocycles. The highest BCUT2D eigenvalue weighted by Crippen LogP contribution is 2.13. The van der Waals surface area contributed by atoms with E-state index >= 15 is 0 Å². The van der Waals surface area contributed by atoms with Gasteiger partial charge in [-0.05, 0) is 24.1 Å². The first kappa shape index (κ1) is 14.6. The number of nitrogens with zero attached hydrogens (tertiary/aromatic N) is 1. The van der Waals surface area contributed by atoms with Crippen LogP contribution in [-0.4, -0.2) is 22.3 Å². The molecule has 0 aliphatic heterocycles. The number of aromatic nitrogens is 2. The van der Waals surface area contributed by atoms with Crippen LogP contribution in [-0.2, 0) is 12.3 Å². The van der Waals surface area contributed by atoms with Crippen LogP contribution in [0.4, 0.5) is 0 Å². The number of imidazole rings is 1. The molecule has 4 heteroatoms. The third-order valence-electron chi connectivity index (χ3n) is 2.24. The maximum Gasteiger partial charge on any atom is 0.116 e. The standard InChI is InChI=1S/C13H25N3S/c1-10(2)5-14-6-12-7-15-13(16-12)9-17-8-11(3)4/h7,10-11,14H,5-6,8-9H2,1-4H3,(H,15,16). The van der Waals surface area contributed by atoms with Crippen molar-refractivity contribution in [2.24, 2.45) is 11.8 Å². The van der Waals surface area contributed by atoms with E-state index in [9.17, 15) is 0 Å². The van der Waals surface area contributed by atoms with Crippen molar-refractivity contribution in [2.45, 2.75) is 40.0 Å². The van der Waals surface area contributed by atoms with Gasteiger partial charge in [0, 0.05) is 18.4 Å². The Morgan fingerprint density at radius 1 is 1.29 bits per heavy atom. The van der Waals surface area contributed by atoms with Crippen molar-refractivity contribution in [1.29, 1.82) is 0 Å². The van der Waals surface area contributed by atoms with E-state index < -0.39 is 0 Å². The van der Waals surface area contributed by atoms with Gasteiger partial charge < -0.3 is 10.3 Å². The molecule has 0 saturated carbocycles. The lowest BCUT2D eigenvalue weighted by Gasteiger charge is -2.05. The molecular formula is C13H25N3S. The quantitative estimate of drug-likeness (QED) is 0.750. The van der Waals surface area contributed by atoms with Gasteiger partial charge in [-0.2, -0.15) is 11.8 Å². The summed E-state index contributed by atoms with van der Waals surface area (Å²) in [7, 11) is 0. The highest BCUT2D eigenvalue weighted by Gasteiger charge is 2.02. The number of thioether (sulfide) groups is 1. The number of hydrogen-bond donors (Lipinski definition) is 2. The Morgan fingerprint density at radius 2 is 2.06 bits per heavy atom. The molecule has 1 aromatic rings. The monoisotopic (exact) mass is 255 g/mol. The first-order valence-corrected chi connectivity index (χ1v) is 7.54. The molecule has 0 aliphatic rings. The van der Waals surface area contributed by atoms with Crippen molar-refractivity contribution in [3.8, 4) is 0 Å². The highest BCUT2D eigenvalue weighted by molar-refractivity contribution is 7.98. The van der Waals surface area contributed by atoms with Gasteiger partial charge in [-0.25, -0.2) is 4.98 Å². The molecule has 0 aromatic carbocycles. The summed E-state index contributed by atoms with van der Waals surface area (Å²) in [5, 5.41) is 3.41. The Balaban J connectivity index is 2.23. The maximum absolute atomic E-state index is 4.39. The molecule has 0 amide bonds. The lowest BCUT2D eigenvalue weighted by atomic mass is 10.2. The second-order valence-electron chi connectivity index (χ2n) is 5.29. The van der Waals surface area contributed by atoms with E-state index in [0.29, 0.717) is 5.92 Å². The van der Waals surface area contributed by atoms with E-state index in [0.717, 1.165) is 30.6 Å². The fraction of sp³-hybridized carbons (Fsp3) is 0.769.